The van der Waals surface area contributed by atoms with Crippen molar-refractivity contribution in [1.82, 2.24) is 0 Å². The van der Waals surface area contributed by atoms with E-state index in [1.54, 1.807) is 0 Å². The summed E-state index contributed by atoms with van der Waals surface area (Å²) >= 11 is 0. The van der Waals surface area contributed by atoms with E-state index in [-0.39, 0.29) is 26.4 Å². The Morgan fingerprint density at radius 3 is 1.47 bits per heavy atom. The van der Waals surface area contributed by atoms with Crippen molar-refractivity contribution < 1.29 is 19.7 Å². The van der Waals surface area contributed by atoms with Gasteiger partial charge in [-0.2, -0.15) is 0 Å². The SMILES string of the molecule is CC(C)Cc1cc(C(C)(c2ccccc2)c2ccc(OCCO)c(CC(C)C)c2)ccc1OCCO. The van der Waals surface area contributed by atoms with Gasteiger partial charge in [-0.05, 0) is 71.6 Å². The maximum absolute atomic E-state index is 9.30. The summed E-state index contributed by atoms with van der Waals surface area (Å²) in [7, 11) is 0. The molecule has 3 aromatic rings. The third-order valence-corrected chi connectivity index (χ3v) is 6.58. The summed E-state index contributed by atoms with van der Waals surface area (Å²) in [5, 5.41) is 18.6. The zero-order valence-electron chi connectivity index (χ0n) is 22.5. The van der Waals surface area contributed by atoms with Crippen molar-refractivity contribution in [2.75, 3.05) is 26.4 Å². The second-order valence-electron chi connectivity index (χ2n) is 10.5. The second-order valence-corrected chi connectivity index (χ2v) is 10.5. The summed E-state index contributed by atoms with van der Waals surface area (Å²) in [4.78, 5) is 0. The molecule has 0 saturated heterocycles. The minimum Gasteiger partial charge on any atom is -0.491 e. The number of hydrogen-bond donors (Lipinski definition) is 2. The molecule has 0 unspecified atom stereocenters. The van der Waals surface area contributed by atoms with Crippen molar-refractivity contribution >= 4 is 0 Å². The van der Waals surface area contributed by atoms with Crippen LogP contribution in [0.4, 0.5) is 0 Å². The van der Waals surface area contributed by atoms with Crippen molar-refractivity contribution in [3.8, 4) is 11.5 Å². The highest BCUT2D eigenvalue weighted by atomic mass is 16.5. The Morgan fingerprint density at radius 2 is 1.08 bits per heavy atom. The molecule has 2 N–H and O–H groups in total. The van der Waals surface area contributed by atoms with Gasteiger partial charge in [-0.15, -0.1) is 0 Å². The molecule has 36 heavy (non-hydrogen) atoms. The van der Waals surface area contributed by atoms with Crippen molar-refractivity contribution in [1.29, 1.82) is 0 Å². The highest BCUT2D eigenvalue weighted by Gasteiger charge is 2.32. The topological polar surface area (TPSA) is 58.9 Å². The van der Waals surface area contributed by atoms with Gasteiger partial charge in [0.25, 0.3) is 0 Å². The summed E-state index contributed by atoms with van der Waals surface area (Å²) in [5.74, 6) is 2.62. The van der Waals surface area contributed by atoms with Crippen LogP contribution >= 0.6 is 0 Å². The Balaban J connectivity index is 2.20. The molecule has 0 spiro atoms. The molecule has 0 aliphatic rings. The summed E-state index contributed by atoms with van der Waals surface area (Å²) in [6, 6.07) is 23.6. The van der Waals surface area contributed by atoms with Gasteiger partial charge in [0.15, 0.2) is 0 Å². The van der Waals surface area contributed by atoms with Gasteiger partial charge in [0.1, 0.15) is 24.7 Å². The van der Waals surface area contributed by atoms with Crippen LogP contribution in [0.15, 0.2) is 66.7 Å². The van der Waals surface area contributed by atoms with Crippen LogP contribution in [0.2, 0.25) is 0 Å². The van der Waals surface area contributed by atoms with Gasteiger partial charge in [0.2, 0.25) is 0 Å². The molecule has 0 radical (unpaired) electrons. The lowest BCUT2D eigenvalue weighted by Crippen LogP contribution is -2.26. The number of benzene rings is 3. The number of hydrogen-bond acceptors (Lipinski definition) is 4. The molecule has 3 aromatic carbocycles. The lowest BCUT2D eigenvalue weighted by Gasteiger charge is -2.33. The predicted octanol–water partition coefficient (Wildman–Crippen LogP) is 6.18. The van der Waals surface area contributed by atoms with Gasteiger partial charge in [-0.3, -0.25) is 0 Å². The summed E-state index contributed by atoms with van der Waals surface area (Å²) in [6.07, 6.45) is 1.79. The van der Waals surface area contributed by atoms with Crippen molar-refractivity contribution in [2.45, 2.75) is 52.9 Å². The highest BCUT2D eigenvalue weighted by molar-refractivity contribution is 5.54. The van der Waals surface area contributed by atoms with Crippen LogP contribution in [0.5, 0.6) is 11.5 Å². The molecule has 0 aliphatic carbocycles. The van der Waals surface area contributed by atoms with E-state index in [0.29, 0.717) is 11.8 Å². The highest BCUT2D eigenvalue weighted by Crippen LogP contribution is 2.42. The van der Waals surface area contributed by atoms with Crippen LogP contribution in [0.25, 0.3) is 0 Å². The molecule has 0 atom stereocenters. The molecular formula is C32H42O4. The third-order valence-electron chi connectivity index (χ3n) is 6.58. The van der Waals surface area contributed by atoms with Gasteiger partial charge >= 0.3 is 0 Å². The fraction of sp³-hybridized carbons (Fsp3) is 0.438. The predicted molar refractivity (Wildman–Crippen MR) is 147 cm³/mol. The summed E-state index contributed by atoms with van der Waals surface area (Å²) < 4.78 is 11.8. The van der Waals surface area contributed by atoms with Crippen LogP contribution in [-0.2, 0) is 18.3 Å². The van der Waals surface area contributed by atoms with Crippen LogP contribution < -0.4 is 9.47 Å². The Labute approximate surface area is 216 Å². The molecular weight excluding hydrogens is 448 g/mol. The summed E-state index contributed by atoms with van der Waals surface area (Å²) in [5.41, 5.74) is 5.51. The lowest BCUT2D eigenvalue weighted by molar-refractivity contribution is 0.200. The van der Waals surface area contributed by atoms with Crippen LogP contribution in [-0.4, -0.2) is 36.6 Å². The molecule has 0 aliphatic heterocycles. The quantitative estimate of drug-likeness (QED) is 0.281. The van der Waals surface area contributed by atoms with Crippen molar-refractivity contribution in [3.05, 3.63) is 94.5 Å². The number of aliphatic hydroxyl groups excluding tert-OH is 2. The Hall–Kier alpha value is -2.82. The van der Waals surface area contributed by atoms with E-state index in [1.807, 2.05) is 0 Å². The fourth-order valence-electron chi connectivity index (χ4n) is 4.84. The van der Waals surface area contributed by atoms with E-state index in [9.17, 15) is 10.2 Å². The molecule has 194 valence electrons. The van der Waals surface area contributed by atoms with E-state index >= 15 is 0 Å². The van der Waals surface area contributed by atoms with Crippen LogP contribution in [0.3, 0.4) is 0 Å². The van der Waals surface area contributed by atoms with Gasteiger partial charge < -0.3 is 19.7 Å². The number of ether oxygens (including phenoxy) is 2. The lowest BCUT2D eigenvalue weighted by atomic mass is 9.70. The van der Waals surface area contributed by atoms with Crippen LogP contribution in [0, 0.1) is 11.8 Å². The monoisotopic (exact) mass is 490 g/mol. The smallest absolute Gasteiger partial charge is 0.122 e. The number of rotatable bonds is 13. The molecule has 4 nitrogen and oxygen atoms in total. The van der Waals surface area contributed by atoms with Gasteiger partial charge in [0.05, 0.1) is 13.2 Å². The zero-order chi connectivity index (χ0) is 26.1. The van der Waals surface area contributed by atoms with Gasteiger partial charge in [0, 0.05) is 5.41 Å². The minimum absolute atomic E-state index is 0.00602. The Morgan fingerprint density at radius 1 is 0.639 bits per heavy atom. The third kappa shape index (κ3) is 6.68. The molecule has 0 fully saturated rings. The molecule has 4 heteroatoms. The molecule has 0 aromatic heterocycles. The average Bonchev–Trinajstić information content (AvgIpc) is 2.86. The molecule has 0 bridgehead atoms. The first-order chi connectivity index (χ1) is 17.3. The number of aliphatic hydroxyl groups is 2. The van der Waals surface area contributed by atoms with E-state index < -0.39 is 5.41 Å². The van der Waals surface area contributed by atoms with Crippen LogP contribution in [0.1, 0.15) is 62.4 Å². The van der Waals surface area contributed by atoms with Gasteiger partial charge in [-0.1, -0.05) is 82.3 Å². The maximum atomic E-state index is 9.30. The fourth-order valence-corrected chi connectivity index (χ4v) is 4.84. The first-order valence-corrected chi connectivity index (χ1v) is 13.1. The Bertz CT molecular complexity index is 1020. The largest absolute Gasteiger partial charge is 0.491 e. The standard InChI is InChI=1S/C32H42O4/c1-23(2)19-25-21-28(11-13-30(25)35-17-15-33)32(5,27-9-7-6-8-10-27)29-12-14-31(36-18-16-34)26(22-29)20-24(3)4/h6-14,21-24,33-34H,15-20H2,1-5H3. The first-order valence-electron chi connectivity index (χ1n) is 13.1. The van der Waals surface area contributed by atoms with E-state index in [4.69, 9.17) is 9.47 Å². The maximum Gasteiger partial charge on any atom is 0.122 e. The van der Waals surface area contributed by atoms with Gasteiger partial charge in [-0.25, -0.2) is 0 Å². The molecule has 3 rings (SSSR count). The van der Waals surface area contributed by atoms with Crippen molar-refractivity contribution in [3.63, 3.8) is 0 Å². The normalized spacial score (nSPS) is 11.8. The van der Waals surface area contributed by atoms with Crippen molar-refractivity contribution in [2.24, 2.45) is 11.8 Å². The second kappa shape index (κ2) is 12.9. The Kier molecular flexibility index (Phi) is 9.98. The minimum atomic E-state index is -0.399. The van der Waals surface area contributed by atoms with E-state index in [1.165, 1.54) is 16.7 Å². The summed E-state index contributed by atoms with van der Waals surface area (Å²) in [6.45, 7) is 11.7. The first kappa shape index (κ1) is 27.8. The molecule has 0 saturated carbocycles. The molecule has 0 heterocycles. The van der Waals surface area contributed by atoms with E-state index in [2.05, 4.69) is 101 Å². The zero-order valence-corrected chi connectivity index (χ0v) is 22.5. The average molecular weight is 491 g/mol. The van der Waals surface area contributed by atoms with E-state index in [0.717, 1.165) is 35.5 Å². The molecule has 0 amide bonds.